The zero-order valence-electron chi connectivity index (χ0n) is 10.8. The number of hydrogen-bond acceptors (Lipinski definition) is 5. The van der Waals surface area contributed by atoms with E-state index in [1.54, 1.807) is 20.3 Å². The third-order valence-electron chi connectivity index (χ3n) is 3.57. The second-order valence-corrected chi connectivity index (χ2v) is 4.71. The first kappa shape index (κ1) is 12.8. The summed E-state index contributed by atoms with van der Waals surface area (Å²) in [6.07, 6.45) is 3.04. The monoisotopic (exact) mass is 252 g/mol. The molecule has 0 bridgehead atoms. The molecule has 4 N–H and O–H groups in total. The Morgan fingerprint density at radius 3 is 2.33 bits per heavy atom. The number of aliphatic hydroxyl groups excluding tert-OH is 1. The molecule has 1 aliphatic rings. The lowest BCUT2D eigenvalue weighted by Crippen LogP contribution is -2.48. The van der Waals surface area contributed by atoms with Gasteiger partial charge in [-0.15, -0.1) is 0 Å². The zero-order valence-corrected chi connectivity index (χ0v) is 10.8. The van der Waals surface area contributed by atoms with Gasteiger partial charge in [-0.1, -0.05) is 0 Å². The summed E-state index contributed by atoms with van der Waals surface area (Å²) in [6, 6.07) is 3.54. The largest absolute Gasteiger partial charge is 0.493 e. The summed E-state index contributed by atoms with van der Waals surface area (Å²) in [5.41, 5.74) is 7.12. The fraction of sp³-hybridized carbons (Fsp3) is 0.538. The summed E-state index contributed by atoms with van der Waals surface area (Å²) in [5.74, 6) is 1.23. The van der Waals surface area contributed by atoms with Crippen molar-refractivity contribution in [3.05, 3.63) is 12.1 Å². The van der Waals surface area contributed by atoms with E-state index in [1.165, 1.54) is 0 Å². The number of nitrogens with two attached hydrogens (primary N) is 1. The Morgan fingerprint density at radius 1 is 1.28 bits per heavy atom. The summed E-state index contributed by atoms with van der Waals surface area (Å²) in [7, 11) is 3.16. The highest BCUT2D eigenvalue weighted by Gasteiger charge is 2.36. The van der Waals surface area contributed by atoms with Crippen LogP contribution in [0.15, 0.2) is 12.1 Å². The molecule has 0 amide bonds. The van der Waals surface area contributed by atoms with Crippen LogP contribution in [0.4, 0.5) is 11.4 Å². The molecule has 0 spiro atoms. The fourth-order valence-electron chi connectivity index (χ4n) is 2.21. The van der Waals surface area contributed by atoms with Gasteiger partial charge in [0.05, 0.1) is 37.7 Å². The maximum absolute atomic E-state index is 9.46. The van der Waals surface area contributed by atoms with Gasteiger partial charge in [0.25, 0.3) is 0 Å². The Morgan fingerprint density at radius 2 is 1.89 bits per heavy atom. The number of methoxy groups -OCH3 is 2. The maximum Gasteiger partial charge on any atom is 0.162 e. The number of aliphatic hydroxyl groups is 1. The van der Waals surface area contributed by atoms with Crippen LogP contribution in [0.25, 0.3) is 0 Å². The maximum atomic E-state index is 9.46. The number of ether oxygens (including phenoxy) is 2. The summed E-state index contributed by atoms with van der Waals surface area (Å²) < 4.78 is 10.4. The fourth-order valence-corrected chi connectivity index (χ4v) is 2.21. The second kappa shape index (κ2) is 4.94. The van der Waals surface area contributed by atoms with E-state index in [4.69, 9.17) is 15.2 Å². The van der Waals surface area contributed by atoms with E-state index in [2.05, 4.69) is 5.32 Å². The second-order valence-electron chi connectivity index (χ2n) is 4.71. The van der Waals surface area contributed by atoms with E-state index in [0.29, 0.717) is 17.2 Å². The van der Waals surface area contributed by atoms with Crippen LogP contribution in [-0.4, -0.2) is 31.5 Å². The Hall–Kier alpha value is -1.62. The molecule has 0 saturated heterocycles. The standard InChI is InChI=1S/C13H20N2O3/c1-17-11-6-9(14)10(7-12(11)18-2)15-13(8-16)4-3-5-13/h6-7,15-16H,3-5,8,14H2,1-2H3. The molecule has 1 aromatic rings. The number of nitrogen functional groups attached to an aromatic ring is 1. The van der Waals surface area contributed by atoms with E-state index in [0.717, 1.165) is 24.9 Å². The summed E-state index contributed by atoms with van der Waals surface area (Å²) in [5, 5.41) is 12.8. The topological polar surface area (TPSA) is 76.7 Å². The normalized spacial score (nSPS) is 16.8. The third kappa shape index (κ3) is 2.18. The zero-order chi connectivity index (χ0) is 13.2. The van der Waals surface area contributed by atoms with Crippen molar-refractivity contribution in [2.75, 3.05) is 31.9 Å². The van der Waals surface area contributed by atoms with Crippen molar-refractivity contribution < 1.29 is 14.6 Å². The lowest BCUT2D eigenvalue weighted by Gasteiger charge is -2.42. The van der Waals surface area contributed by atoms with Crippen molar-refractivity contribution in [3.63, 3.8) is 0 Å². The number of benzene rings is 1. The van der Waals surface area contributed by atoms with Crippen LogP contribution >= 0.6 is 0 Å². The van der Waals surface area contributed by atoms with Gasteiger partial charge in [-0.3, -0.25) is 0 Å². The Labute approximate surface area is 107 Å². The smallest absolute Gasteiger partial charge is 0.162 e. The first-order valence-corrected chi connectivity index (χ1v) is 6.05. The van der Waals surface area contributed by atoms with Crippen molar-refractivity contribution in [3.8, 4) is 11.5 Å². The lowest BCUT2D eigenvalue weighted by atomic mass is 9.77. The summed E-state index contributed by atoms with van der Waals surface area (Å²) in [4.78, 5) is 0. The molecular formula is C13H20N2O3. The summed E-state index contributed by atoms with van der Waals surface area (Å²) in [6.45, 7) is 0.112. The molecule has 2 rings (SSSR count). The van der Waals surface area contributed by atoms with E-state index >= 15 is 0 Å². The Bertz CT molecular complexity index is 425. The van der Waals surface area contributed by atoms with Crippen LogP contribution < -0.4 is 20.5 Å². The Kier molecular flexibility index (Phi) is 3.52. The molecule has 18 heavy (non-hydrogen) atoms. The van der Waals surface area contributed by atoms with Gasteiger partial charge in [-0.2, -0.15) is 0 Å². The average molecular weight is 252 g/mol. The highest BCUT2D eigenvalue weighted by Crippen LogP contribution is 2.40. The van der Waals surface area contributed by atoms with Crippen molar-refractivity contribution in [2.45, 2.75) is 24.8 Å². The van der Waals surface area contributed by atoms with Crippen molar-refractivity contribution in [2.24, 2.45) is 0 Å². The van der Waals surface area contributed by atoms with Gasteiger partial charge < -0.3 is 25.6 Å². The molecule has 5 nitrogen and oxygen atoms in total. The van der Waals surface area contributed by atoms with Crippen LogP contribution in [0.5, 0.6) is 11.5 Å². The van der Waals surface area contributed by atoms with Gasteiger partial charge in [0, 0.05) is 12.1 Å². The van der Waals surface area contributed by atoms with Gasteiger partial charge >= 0.3 is 0 Å². The molecule has 1 aromatic carbocycles. The van der Waals surface area contributed by atoms with Crippen LogP contribution in [0.3, 0.4) is 0 Å². The molecular weight excluding hydrogens is 232 g/mol. The lowest BCUT2D eigenvalue weighted by molar-refractivity contribution is 0.144. The molecule has 0 atom stereocenters. The average Bonchev–Trinajstić information content (AvgIpc) is 2.35. The number of rotatable bonds is 5. The minimum Gasteiger partial charge on any atom is -0.493 e. The predicted octanol–water partition coefficient (Wildman–Crippen LogP) is 1.61. The highest BCUT2D eigenvalue weighted by molar-refractivity contribution is 5.73. The van der Waals surface area contributed by atoms with Crippen LogP contribution in [0.2, 0.25) is 0 Å². The van der Waals surface area contributed by atoms with E-state index in [1.807, 2.05) is 6.07 Å². The Balaban J connectivity index is 2.27. The number of anilines is 2. The number of hydrogen-bond donors (Lipinski definition) is 3. The molecule has 100 valence electrons. The molecule has 0 unspecified atom stereocenters. The quantitative estimate of drug-likeness (QED) is 0.694. The van der Waals surface area contributed by atoms with Crippen LogP contribution in [0, 0.1) is 0 Å². The highest BCUT2D eigenvalue weighted by atomic mass is 16.5. The van der Waals surface area contributed by atoms with Crippen LogP contribution in [-0.2, 0) is 0 Å². The van der Waals surface area contributed by atoms with E-state index < -0.39 is 0 Å². The SMILES string of the molecule is COc1cc(N)c(NC2(CO)CCC2)cc1OC. The van der Waals surface area contributed by atoms with Gasteiger partial charge in [-0.05, 0) is 19.3 Å². The minimum atomic E-state index is -0.228. The third-order valence-corrected chi connectivity index (χ3v) is 3.57. The van der Waals surface area contributed by atoms with Gasteiger partial charge in [-0.25, -0.2) is 0 Å². The van der Waals surface area contributed by atoms with Gasteiger partial charge in [0.2, 0.25) is 0 Å². The van der Waals surface area contributed by atoms with Crippen molar-refractivity contribution in [1.82, 2.24) is 0 Å². The molecule has 1 saturated carbocycles. The molecule has 0 aliphatic heterocycles. The first-order valence-electron chi connectivity index (χ1n) is 6.05. The predicted molar refractivity (Wildman–Crippen MR) is 71.2 cm³/mol. The van der Waals surface area contributed by atoms with Crippen LogP contribution in [0.1, 0.15) is 19.3 Å². The molecule has 0 heterocycles. The first-order chi connectivity index (χ1) is 8.64. The minimum absolute atomic E-state index is 0.112. The summed E-state index contributed by atoms with van der Waals surface area (Å²) >= 11 is 0. The molecule has 0 aromatic heterocycles. The van der Waals surface area contributed by atoms with Gasteiger partial charge in [0.1, 0.15) is 0 Å². The van der Waals surface area contributed by atoms with E-state index in [-0.39, 0.29) is 12.1 Å². The molecule has 5 heteroatoms. The molecule has 1 fully saturated rings. The molecule has 1 aliphatic carbocycles. The van der Waals surface area contributed by atoms with Crippen molar-refractivity contribution >= 4 is 11.4 Å². The van der Waals surface area contributed by atoms with E-state index in [9.17, 15) is 5.11 Å². The number of nitrogens with one attached hydrogen (secondary N) is 1. The van der Waals surface area contributed by atoms with Crippen molar-refractivity contribution in [1.29, 1.82) is 0 Å². The van der Waals surface area contributed by atoms with Gasteiger partial charge in [0.15, 0.2) is 11.5 Å². The molecule has 0 radical (unpaired) electrons.